The Morgan fingerprint density at radius 3 is 2.42 bits per heavy atom. The lowest BCUT2D eigenvalue weighted by molar-refractivity contribution is 0.598. The van der Waals surface area contributed by atoms with Gasteiger partial charge in [0, 0.05) is 29.8 Å². The van der Waals surface area contributed by atoms with Crippen molar-refractivity contribution in [2.75, 3.05) is 17.3 Å². The summed E-state index contributed by atoms with van der Waals surface area (Å²) in [5, 5.41) is 3.88. The van der Waals surface area contributed by atoms with Crippen molar-refractivity contribution in [3.05, 3.63) is 94.3 Å². The second-order valence-corrected chi connectivity index (χ2v) is 11.0. The number of fused-ring (bicyclic) bond motifs is 1. The molecule has 0 bridgehead atoms. The maximum atomic E-state index is 13.7. The van der Waals surface area contributed by atoms with E-state index >= 15 is 0 Å². The summed E-state index contributed by atoms with van der Waals surface area (Å²) < 4.78 is 25.2. The van der Waals surface area contributed by atoms with E-state index in [9.17, 15) is 13.2 Å². The van der Waals surface area contributed by atoms with Crippen LogP contribution >= 0.6 is 11.6 Å². The monoisotopic (exact) mass is 547 g/mol. The molecule has 3 heterocycles. The van der Waals surface area contributed by atoms with Crippen molar-refractivity contribution < 1.29 is 8.42 Å². The Morgan fingerprint density at radius 2 is 1.74 bits per heavy atom. The molecule has 1 atom stereocenters. The maximum absolute atomic E-state index is 13.7. The van der Waals surface area contributed by atoms with E-state index in [0.717, 1.165) is 6.26 Å². The van der Waals surface area contributed by atoms with Crippen molar-refractivity contribution in [3.63, 3.8) is 0 Å². The molecule has 192 valence electrons. The van der Waals surface area contributed by atoms with Gasteiger partial charge in [0.25, 0.3) is 5.56 Å². The second kappa shape index (κ2) is 9.84. The van der Waals surface area contributed by atoms with Gasteiger partial charge in [-0.2, -0.15) is 4.98 Å². The summed E-state index contributed by atoms with van der Waals surface area (Å²) in [6, 6.07) is 16.8. The molecular weight excluding hydrogens is 526 g/mol. The summed E-state index contributed by atoms with van der Waals surface area (Å²) in [6.07, 6.45) is 4.04. The summed E-state index contributed by atoms with van der Waals surface area (Å²) in [4.78, 5) is 31.0. The fraction of sp³-hybridized carbons (Fsp3) is 0.115. The van der Waals surface area contributed by atoms with Crippen LogP contribution in [-0.2, 0) is 9.84 Å². The molecule has 5 rings (SSSR count). The maximum Gasteiger partial charge on any atom is 0.267 e. The quantitative estimate of drug-likeness (QED) is 0.321. The van der Waals surface area contributed by atoms with Gasteiger partial charge >= 0.3 is 0 Å². The summed E-state index contributed by atoms with van der Waals surface area (Å²) in [5.74, 6) is 0.812. The summed E-state index contributed by atoms with van der Waals surface area (Å²) in [7, 11) is -3.46. The Morgan fingerprint density at radius 1 is 0.974 bits per heavy atom. The highest BCUT2D eigenvalue weighted by Crippen LogP contribution is 2.30. The van der Waals surface area contributed by atoms with E-state index in [1.807, 2.05) is 37.3 Å². The minimum atomic E-state index is -3.46. The number of benzene rings is 2. The summed E-state index contributed by atoms with van der Waals surface area (Å²) in [6.45, 7) is 1.84. The number of para-hydroxylation sites is 1. The zero-order valence-corrected chi connectivity index (χ0v) is 21.9. The van der Waals surface area contributed by atoms with E-state index in [-0.39, 0.29) is 16.5 Å². The number of rotatable bonds is 6. The van der Waals surface area contributed by atoms with Crippen LogP contribution in [0, 0.1) is 0 Å². The standard InChI is InChI=1S/C26H22ClN7O3S/c1-15(31-23-18(14-30-26(28)33-23)16-11-12-21(29-13-16)38(2,36)37)24-32-20-10-6-9-19(27)22(20)25(35)34(24)17-7-4-3-5-8-17/h3-15H,1-2H3,(H3,28,30,31,33). The Balaban J connectivity index is 1.63. The van der Waals surface area contributed by atoms with E-state index in [1.54, 1.807) is 24.3 Å². The molecule has 0 aliphatic rings. The lowest BCUT2D eigenvalue weighted by atomic mass is 10.1. The van der Waals surface area contributed by atoms with Crippen LogP contribution in [-0.4, -0.2) is 39.2 Å². The number of sulfone groups is 1. The average Bonchev–Trinajstić information content (AvgIpc) is 2.88. The van der Waals surface area contributed by atoms with Crippen LogP contribution in [0.2, 0.25) is 5.02 Å². The molecule has 3 aromatic heterocycles. The topological polar surface area (TPSA) is 146 Å². The number of nitrogens with zero attached hydrogens (tertiary/aromatic N) is 5. The van der Waals surface area contributed by atoms with Crippen molar-refractivity contribution >= 4 is 44.1 Å². The minimum absolute atomic E-state index is 0.0304. The lowest BCUT2D eigenvalue weighted by Gasteiger charge is -2.21. The number of hydrogen-bond acceptors (Lipinski definition) is 9. The predicted octanol–water partition coefficient (Wildman–Crippen LogP) is 4.05. The van der Waals surface area contributed by atoms with Crippen LogP contribution in [0.5, 0.6) is 0 Å². The number of halogens is 1. The number of aromatic nitrogens is 5. The van der Waals surface area contributed by atoms with Crippen LogP contribution in [0.4, 0.5) is 11.8 Å². The van der Waals surface area contributed by atoms with Gasteiger partial charge in [-0.15, -0.1) is 0 Å². The van der Waals surface area contributed by atoms with Crippen molar-refractivity contribution in [2.45, 2.75) is 18.0 Å². The molecule has 0 fully saturated rings. The molecule has 0 amide bonds. The number of pyridine rings is 1. The van der Waals surface area contributed by atoms with Gasteiger partial charge in [0.1, 0.15) is 11.6 Å². The smallest absolute Gasteiger partial charge is 0.267 e. The number of nitrogens with one attached hydrogen (secondary N) is 1. The van der Waals surface area contributed by atoms with Gasteiger partial charge < -0.3 is 11.1 Å². The first kappa shape index (κ1) is 25.3. The molecule has 2 aromatic carbocycles. The normalized spacial score (nSPS) is 12.4. The number of nitrogen functional groups attached to an aromatic ring is 1. The Labute approximate surface area is 223 Å². The Bertz CT molecular complexity index is 1830. The van der Waals surface area contributed by atoms with Gasteiger partial charge in [-0.25, -0.2) is 23.4 Å². The molecule has 1 unspecified atom stereocenters. The molecule has 38 heavy (non-hydrogen) atoms. The number of nitrogens with two attached hydrogens (primary N) is 1. The summed E-state index contributed by atoms with van der Waals surface area (Å²) >= 11 is 6.39. The second-order valence-electron chi connectivity index (χ2n) is 8.59. The third-order valence-electron chi connectivity index (χ3n) is 5.86. The van der Waals surface area contributed by atoms with E-state index in [2.05, 4.69) is 20.3 Å². The average molecular weight is 548 g/mol. The lowest BCUT2D eigenvalue weighted by Crippen LogP contribution is -2.27. The minimum Gasteiger partial charge on any atom is -0.368 e. The number of anilines is 2. The molecule has 5 aromatic rings. The molecule has 0 aliphatic heterocycles. The van der Waals surface area contributed by atoms with Gasteiger partial charge in [0.15, 0.2) is 14.9 Å². The molecule has 0 aliphatic carbocycles. The zero-order chi connectivity index (χ0) is 27.0. The molecule has 0 saturated heterocycles. The fourth-order valence-corrected chi connectivity index (χ4v) is 4.88. The van der Waals surface area contributed by atoms with Crippen LogP contribution in [0.3, 0.4) is 0 Å². The van der Waals surface area contributed by atoms with Crippen LogP contribution in [0.15, 0.2) is 82.9 Å². The third-order valence-corrected chi connectivity index (χ3v) is 7.18. The molecule has 0 spiro atoms. The highest BCUT2D eigenvalue weighted by atomic mass is 35.5. The van der Waals surface area contributed by atoms with Gasteiger partial charge in [0.2, 0.25) is 5.95 Å². The molecule has 0 radical (unpaired) electrons. The van der Waals surface area contributed by atoms with Crippen LogP contribution in [0.25, 0.3) is 27.7 Å². The van der Waals surface area contributed by atoms with E-state index in [1.165, 1.54) is 23.0 Å². The number of hydrogen-bond donors (Lipinski definition) is 2. The largest absolute Gasteiger partial charge is 0.368 e. The van der Waals surface area contributed by atoms with Crippen molar-refractivity contribution in [3.8, 4) is 16.8 Å². The third kappa shape index (κ3) is 4.81. The van der Waals surface area contributed by atoms with E-state index in [4.69, 9.17) is 22.3 Å². The first-order chi connectivity index (χ1) is 18.1. The van der Waals surface area contributed by atoms with Gasteiger partial charge in [0.05, 0.1) is 27.7 Å². The van der Waals surface area contributed by atoms with Gasteiger partial charge in [-0.3, -0.25) is 9.36 Å². The van der Waals surface area contributed by atoms with Crippen LogP contribution < -0.4 is 16.6 Å². The van der Waals surface area contributed by atoms with Crippen molar-refractivity contribution in [1.29, 1.82) is 0 Å². The predicted molar refractivity (Wildman–Crippen MR) is 147 cm³/mol. The Hall–Kier alpha value is -4.35. The highest BCUT2D eigenvalue weighted by molar-refractivity contribution is 7.90. The van der Waals surface area contributed by atoms with Crippen molar-refractivity contribution in [2.24, 2.45) is 0 Å². The molecule has 0 saturated carbocycles. The van der Waals surface area contributed by atoms with Gasteiger partial charge in [-0.1, -0.05) is 35.9 Å². The SMILES string of the molecule is CC(Nc1nc(N)ncc1-c1ccc(S(C)(=O)=O)nc1)c1nc2cccc(Cl)c2c(=O)n1-c1ccccc1. The Kier molecular flexibility index (Phi) is 6.55. The van der Waals surface area contributed by atoms with E-state index < -0.39 is 15.9 Å². The zero-order valence-electron chi connectivity index (χ0n) is 20.3. The van der Waals surface area contributed by atoms with Crippen LogP contribution in [0.1, 0.15) is 18.8 Å². The van der Waals surface area contributed by atoms with Gasteiger partial charge in [-0.05, 0) is 43.3 Å². The molecule has 12 heteroatoms. The molecule has 3 N–H and O–H groups in total. The van der Waals surface area contributed by atoms with E-state index in [0.29, 0.717) is 44.4 Å². The summed E-state index contributed by atoms with van der Waals surface area (Å²) in [5.41, 5.74) is 7.78. The molecular formula is C26H22ClN7O3S. The first-order valence-electron chi connectivity index (χ1n) is 11.5. The van der Waals surface area contributed by atoms with Crippen molar-refractivity contribution in [1.82, 2.24) is 24.5 Å². The molecule has 10 nitrogen and oxygen atoms in total. The first-order valence-corrected chi connectivity index (χ1v) is 13.7. The fourth-order valence-electron chi connectivity index (χ4n) is 4.07. The highest BCUT2D eigenvalue weighted by Gasteiger charge is 2.21.